The quantitative estimate of drug-likeness (QED) is 0.222. The number of aromatic nitrogens is 2. The van der Waals surface area contributed by atoms with E-state index in [9.17, 15) is 14.4 Å². The highest BCUT2D eigenvalue weighted by molar-refractivity contribution is 8.03. The predicted molar refractivity (Wildman–Crippen MR) is 120 cm³/mol. The van der Waals surface area contributed by atoms with Crippen LogP contribution in [-0.4, -0.2) is 81.5 Å². The first kappa shape index (κ1) is 23.4. The van der Waals surface area contributed by atoms with E-state index in [-0.39, 0.29) is 25.0 Å². The fourth-order valence-corrected chi connectivity index (χ4v) is 6.48. The normalized spacial score (nSPS) is 23.5. The van der Waals surface area contributed by atoms with Crippen LogP contribution in [-0.2, 0) is 23.8 Å². The number of anilines is 1. The zero-order valence-electron chi connectivity index (χ0n) is 17.1. The van der Waals surface area contributed by atoms with E-state index < -0.39 is 30.6 Å². The lowest BCUT2D eigenvalue weighted by Gasteiger charge is -2.50. The van der Waals surface area contributed by atoms with Crippen molar-refractivity contribution in [3.63, 3.8) is 0 Å². The summed E-state index contributed by atoms with van der Waals surface area (Å²) in [6, 6.07) is -1.18. The second-order valence-corrected chi connectivity index (χ2v) is 9.89. The molecule has 1 amide bonds. The number of nitrogen functional groups attached to an aromatic ring is 1. The molecule has 0 spiro atoms. The molecule has 15 heteroatoms. The van der Waals surface area contributed by atoms with Gasteiger partial charge in [-0.1, -0.05) is 48.4 Å². The molecule has 0 radical (unpaired) electrons. The summed E-state index contributed by atoms with van der Waals surface area (Å²) in [6.45, 7) is 6.91. The minimum absolute atomic E-state index is 0.0145. The summed E-state index contributed by atoms with van der Waals surface area (Å²) in [5.41, 5.74) is 6.37. The Bertz CT molecular complexity index is 1020. The fraction of sp³-hybridized carbons (Fsp3) is 0.389. The first-order chi connectivity index (χ1) is 15.9. The highest BCUT2D eigenvalue weighted by Gasteiger charge is 2.64. The van der Waals surface area contributed by atoms with Crippen molar-refractivity contribution in [3.8, 4) is 0 Å². The molecule has 0 aromatic carbocycles. The van der Waals surface area contributed by atoms with E-state index in [2.05, 4.69) is 23.4 Å². The molecule has 12 nitrogen and oxygen atoms in total. The summed E-state index contributed by atoms with van der Waals surface area (Å²) in [4.78, 5) is 44.5. The summed E-state index contributed by atoms with van der Waals surface area (Å²) in [6.07, 6.45) is 0.000674. The molecule has 1 aromatic heterocycles. The molecule has 176 valence electrons. The molecular weight excluding hydrogens is 494 g/mol. The van der Waals surface area contributed by atoms with Crippen molar-refractivity contribution in [2.24, 2.45) is 0 Å². The smallest absolute Gasteiger partial charge is 0.430 e. The van der Waals surface area contributed by atoms with Crippen LogP contribution in [0, 0.1) is 0 Å². The number of carbonyl (C=O) groups excluding carboxylic acids is 3. The molecule has 4 rings (SSSR count). The Morgan fingerprint density at radius 3 is 2.58 bits per heavy atom. The van der Waals surface area contributed by atoms with Crippen molar-refractivity contribution in [2.75, 3.05) is 30.6 Å². The molecule has 33 heavy (non-hydrogen) atoms. The Morgan fingerprint density at radius 1 is 1.18 bits per heavy atom. The molecule has 2 fully saturated rings. The van der Waals surface area contributed by atoms with Crippen LogP contribution in [0.5, 0.6) is 0 Å². The van der Waals surface area contributed by atoms with Gasteiger partial charge in [0, 0.05) is 16.2 Å². The summed E-state index contributed by atoms with van der Waals surface area (Å²) in [5.74, 6) is 0.231. The van der Waals surface area contributed by atoms with Crippen molar-refractivity contribution < 1.29 is 33.4 Å². The third kappa shape index (κ3) is 4.66. The first-order valence-corrected chi connectivity index (χ1v) is 12.3. The minimum Gasteiger partial charge on any atom is -0.430 e. The van der Waals surface area contributed by atoms with Gasteiger partial charge >= 0.3 is 12.3 Å². The lowest BCUT2D eigenvalue weighted by atomic mass is 9.97. The van der Waals surface area contributed by atoms with Gasteiger partial charge in [0.1, 0.15) is 13.2 Å². The average molecular weight is 514 g/mol. The zero-order valence-corrected chi connectivity index (χ0v) is 19.5. The molecule has 2 N–H and O–H groups in total. The van der Waals surface area contributed by atoms with Crippen LogP contribution in [0.25, 0.3) is 0 Å². The van der Waals surface area contributed by atoms with E-state index in [1.807, 2.05) is 0 Å². The van der Waals surface area contributed by atoms with E-state index in [4.69, 9.17) is 24.8 Å². The number of thioether (sulfide) groups is 2. The molecule has 0 aliphatic carbocycles. The maximum Gasteiger partial charge on any atom is 0.528 e. The van der Waals surface area contributed by atoms with Gasteiger partial charge in [0.25, 0.3) is 0 Å². The van der Waals surface area contributed by atoms with Crippen LogP contribution < -0.4 is 5.73 Å². The highest BCUT2D eigenvalue weighted by atomic mass is 32.2. The number of nitrogens with zero attached hydrogens (tertiary/aromatic N) is 4. The summed E-state index contributed by atoms with van der Waals surface area (Å²) >= 11 is 3.98. The molecular formula is C18H19N5O7S3. The molecule has 1 aromatic rings. The van der Waals surface area contributed by atoms with E-state index in [0.29, 0.717) is 15.2 Å². The molecule has 0 saturated carbocycles. The number of ether oxygens (including phenoxy) is 3. The van der Waals surface area contributed by atoms with Gasteiger partial charge in [-0.3, -0.25) is 9.69 Å². The standard InChI is InChI=1S/C18H19N5O7S3/c1-3-5-27-17(25)29-14-9(7-31-16-21-20-15(19)33-16)12-10-11(13(24)23(10)14)22(8-32-12)30-18(26)28-6-4-2/h3-4,10-11,14H,1-2,5-8H2,(H2,19,20)/t10-,11-,14?/m0/s1. The van der Waals surface area contributed by atoms with Gasteiger partial charge in [0.2, 0.25) is 17.3 Å². The van der Waals surface area contributed by atoms with Gasteiger partial charge < -0.3 is 24.8 Å². The Kier molecular flexibility index (Phi) is 7.11. The maximum absolute atomic E-state index is 13.0. The second-order valence-electron chi connectivity index (χ2n) is 6.67. The molecule has 2 saturated heterocycles. The third-order valence-electron chi connectivity index (χ3n) is 4.71. The van der Waals surface area contributed by atoms with E-state index >= 15 is 0 Å². The van der Waals surface area contributed by atoms with Gasteiger partial charge in [0.05, 0.1) is 11.9 Å². The number of rotatable bonds is 9. The SMILES string of the molecule is C=CCOC(=O)OC1C(CSc2nnc(N)s2)=C2SCN(OC(=O)OCC=C)[C@@H]3C(=O)N1[C@H]23. The minimum atomic E-state index is -0.955. The highest BCUT2D eigenvalue weighted by Crippen LogP contribution is 2.51. The Labute approximate surface area is 200 Å². The van der Waals surface area contributed by atoms with Gasteiger partial charge in [-0.2, -0.15) is 0 Å². The predicted octanol–water partition coefficient (Wildman–Crippen LogP) is 1.99. The lowest BCUT2D eigenvalue weighted by molar-refractivity contribution is -0.206. The first-order valence-electron chi connectivity index (χ1n) is 9.50. The van der Waals surface area contributed by atoms with Gasteiger partial charge in [-0.05, 0) is 0 Å². The van der Waals surface area contributed by atoms with Gasteiger partial charge in [0.15, 0.2) is 10.4 Å². The largest absolute Gasteiger partial charge is 0.528 e. The number of amides is 1. The van der Waals surface area contributed by atoms with Gasteiger partial charge in [-0.15, -0.1) is 27.0 Å². The molecule has 3 atom stereocenters. The van der Waals surface area contributed by atoms with E-state index in [0.717, 1.165) is 10.5 Å². The van der Waals surface area contributed by atoms with Crippen LogP contribution in [0.3, 0.4) is 0 Å². The topological polar surface area (TPSA) is 146 Å². The number of carbonyl (C=O) groups is 3. The van der Waals surface area contributed by atoms with E-state index in [1.165, 1.54) is 57.0 Å². The van der Waals surface area contributed by atoms with Crippen molar-refractivity contribution >= 4 is 58.2 Å². The van der Waals surface area contributed by atoms with Crippen molar-refractivity contribution in [2.45, 2.75) is 22.7 Å². The maximum atomic E-state index is 13.0. The van der Waals surface area contributed by atoms with Crippen LogP contribution in [0.2, 0.25) is 0 Å². The monoisotopic (exact) mass is 513 g/mol. The number of nitrogens with two attached hydrogens (primary N) is 1. The van der Waals surface area contributed by atoms with Crippen molar-refractivity contribution in [1.82, 2.24) is 20.2 Å². The van der Waals surface area contributed by atoms with Crippen LogP contribution in [0.15, 0.2) is 40.1 Å². The second kappa shape index (κ2) is 10.0. The number of hydrogen-bond donors (Lipinski definition) is 1. The number of β-lactam (4-membered cyclic amide) rings is 1. The molecule has 3 aliphatic heterocycles. The number of hydrogen-bond acceptors (Lipinski definition) is 14. The van der Waals surface area contributed by atoms with Crippen LogP contribution in [0.1, 0.15) is 0 Å². The van der Waals surface area contributed by atoms with Gasteiger partial charge in [-0.25, -0.2) is 9.59 Å². The number of hydroxylamine groups is 2. The van der Waals surface area contributed by atoms with E-state index in [1.54, 1.807) is 0 Å². The van der Waals surface area contributed by atoms with Crippen molar-refractivity contribution in [3.05, 3.63) is 35.8 Å². The summed E-state index contributed by atoms with van der Waals surface area (Å²) in [5, 5.41) is 9.39. The third-order valence-corrected chi connectivity index (χ3v) is 7.84. The lowest BCUT2D eigenvalue weighted by Crippen LogP contribution is -2.72. The molecule has 3 aliphatic rings. The van der Waals surface area contributed by atoms with Crippen LogP contribution >= 0.6 is 34.9 Å². The summed E-state index contributed by atoms with van der Waals surface area (Å²) < 4.78 is 15.9. The Balaban J connectivity index is 1.53. The zero-order chi connectivity index (χ0) is 23.5. The molecule has 4 heterocycles. The fourth-order valence-electron chi connectivity index (χ4n) is 3.45. The Morgan fingerprint density at radius 2 is 1.91 bits per heavy atom. The van der Waals surface area contributed by atoms with Crippen molar-refractivity contribution in [1.29, 1.82) is 0 Å². The molecule has 0 bridgehead atoms. The van der Waals surface area contributed by atoms with Crippen LogP contribution in [0.4, 0.5) is 14.7 Å². The average Bonchev–Trinajstić information content (AvgIpc) is 3.33. The summed E-state index contributed by atoms with van der Waals surface area (Å²) in [7, 11) is 0. The Hall–Kier alpha value is -2.75. The molecule has 1 unspecified atom stereocenters.